The smallest absolute Gasteiger partial charge is 0.264 e. The molecule has 1 N–H and O–H groups in total. The summed E-state index contributed by atoms with van der Waals surface area (Å²) >= 11 is 6.43. The summed E-state index contributed by atoms with van der Waals surface area (Å²) in [7, 11) is -2.79. The second kappa shape index (κ2) is 13.0. The molecule has 0 radical (unpaired) electrons. The third-order valence-corrected chi connectivity index (χ3v) is 8.60. The molecular formula is C31H38ClN3O5S. The van der Waals surface area contributed by atoms with E-state index in [0.717, 1.165) is 15.4 Å². The van der Waals surface area contributed by atoms with Crippen LogP contribution < -0.4 is 14.4 Å². The molecule has 3 aromatic rings. The highest BCUT2D eigenvalue weighted by Gasteiger charge is 2.34. The predicted octanol–water partition coefficient (Wildman–Crippen LogP) is 5.49. The molecule has 1 atom stereocenters. The normalized spacial score (nSPS) is 12.4. The van der Waals surface area contributed by atoms with Crippen LogP contribution in [0.15, 0.2) is 71.6 Å². The van der Waals surface area contributed by atoms with Gasteiger partial charge in [0.15, 0.2) is 0 Å². The van der Waals surface area contributed by atoms with Gasteiger partial charge in [-0.1, -0.05) is 53.6 Å². The fourth-order valence-corrected chi connectivity index (χ4v) is 5.82. The first-order valence-corrected chi connectivity index (χ1v) is 15.0. The molecule has 41 heavy (non-hydrogen) atoms. The topological polar surface area (TPSA) is 96.0 Å². The summed E-state index contributed by atoms with van der Waals surface area (Å²) in [5.74, 6) is -0.671. The minimum Gasteiger partial charge on any atom is -0.495 e. The number of nitrogens with zero attached hydrogens (tertiary/aromatic N) is 2. The van der Waals surface area contributed by atoms with Crippen molar-refractivity contribution in [1.29, 1.82) is 0 Å². The number of carbonyl (C=O) groups is 2. The molecule has 0 aromatic heterocycles. The van der Waals surface area contributed by atoms with Gasteiger partial charge in [0.2, 0.25) is 11.8 Å². The van der Waals surface area contributed by atoms with Gasteiger partial charge < -0.3 is 15.0 Å². The minimum absolute atomic E-state index is 0.000603. The first-order valence-electron chi connectivity index (χ1n) is 13.2. The maximum absolute atomic E-state index is 14.1. The summed E-state index contributed by atoms with van der Waals surface area (Å²) in [5, 5.41) is 3.34. The molecule has 0 fully saturated rings. The van der Waals surface area contributed by atoms with Crippen molar-refractivity contribution in [1.82, 2.24) is 10.2 Å². The maximum atomic E-state index is 14.1. The van der Waals surface area contributed by atoms with Crippen molar-refractivity contribution in [2.45, 2.75) is 64.6 Å². The summed E-state index contributed by atoms with van der Waals surface area (Å²) in [4.78, 5) is 28.7. The quantitative estimate of drug-likeness (QED) is 0.332. The van der Waals surface area contributed by atoms with E-state index in [1.54, 1.807) is 61.5 Å². The van der Waals surface area contributed by atoms with Crippen LogP contribution in [0.3, 0.4) is 0 Å². The molecule has 0 aliphatic heterocycles. The summed E-state index contributed by atoms with van der Waals surface area (Å²) in [6.45, 7) is 10.3. The first kappa shape index (κ1) is 32.0. The molecule has 1 unspecified atom stereocenters. The molecule has 220 valence electrons. The number of hydrogen-bond acceptors (Lipinski definition) is 5. The maximum Gasteiger partial charge on any atom is 0.264 e. The van der Waals surface area contributed by atoms with Crippen LogP contribution in [0.1, 0.15) is 44.4 Å². The van der Waals surface area contributed by atoms with Crippen molar-refractivity contribution in [3.8, 4) is 5.75 Å². The van der Waals surface area contributed by atoms with Crippen molar-refractivity contribution >= 4 is 39.1 Å². The number of rotatable bonds is 10. The Hall–Kier alpha value is -3.56. The molecule has 0 aliphatic rings. The highest BCUT2D eigenvalue weighted by molar-refractivity contribution is 7.92. The van der Waals surface area contributed by atoms with Gasteiger partial charge in [0.1, 0.15) is 18.3 Å². The molecule has 2 amide bonds. The van der Waals surface area contributed by atoms with Crippen molar-refractivity contribution in [3.63, 3.8) is 0 Å². The van der Waals surface area contributed by atoms with E-state index in [1.165, 1.54) is 24.1 Å². The Kier molecular flexibility index (Phi) is 10.1. The average Bonchev–Trinajstić information content (AvgIpc) is 2.90. The highest BCUT2D eigenvalue weighted by Crippen LogP contribution is 2.34. The Labute approximate surface area is 248 Å². The average molecular weight is 600 g/mol. The van der Waals surface area contributed by atoms with Crippen LogP contribution in [0.4, 0.5) is 5.69 Å². The minimum atomic E-state index is -4.23. The lowest BCUT2D eigenvalue weighted by Crippen LogP contribution is -2.54. The second-order valence-electron chi connectivity index (χ2n) is 11.0. The lowest BCUT2D eigenvalue weighted by atomic mass is 10.1. The first-order chi connectivity index (χ1) is 19.1. The third kappa shape index (κ3) is 8.01. The van der Waals surface area contributed by atoms with E-state index in [-0.39, 0.29) is 28.8 Å². The number of halogens is 1. The molecule has 10 heteroatoms. The number of methoxy groups -OCH3 is 1. The molecular weight excluding hydrogens is 562 g/mol. The highest BCUT2D eigenvalue weighted by atomic mass is 35.5. The van der Waals surface area contributed by atoms with E-state index >= 15 is 0 Å². The molecule has 0 bridgehead atoms. The van der Waals surface area contributed by atoms with Gasteiger partial charge in [-0.3, -0.25) is 13.9 Å². The van der Waals surface area contributed by atoms with Crippen molar-refractivity contribution in [3.05, 3.63) is 88.4 Å². The van der Waals surface area contributed by atoms with Gasteiger partial charge in [0, 0.05) is 17.1 Å². The van der Waals surface area contributed by atoms with Crippen molar-refractivity contribution < 1.29 is 22.7 Å². The lowest BCUT2D eigenvalue weighted by molar-refractivity contribution is -0.140. The zero-order valence-electron chi connectivity index (χ0n) is 24.6. The predicted molar refractivity (Wildman–Crippen MR) is 163 cm³/mol. The Morgan fingerprint density at radius 3 is 2.17 bits per heavy atom. The van der Waals surface area contributed by atoms with Gasteiger partial charge in [-0.25, -0.2) is 8.42 Å². The Morgan fingerprint density at radius 1 is 0.976 bits per heavy atom. The zero-order chi connectivity index (χ0) is 30.5. The van der Waals surface area contributed by atoms with E-state index in [2.05, 4.69) is 5.32 Å². The number of amides is 2. The Balaban J connectivity index is 2.12. The molecule has 0 saturated carbocycles. The number of aryl methyl sites for hydroxylation is 2. The van der Waals surface area contributed by atoms with Gasteiger partial charge in [0.05, 0.1) is 17.7 Å². The summed E-state index contributed by atoms with van der Waals surface area (Å²) in [5.41, 5.74) is 1.97. The van der Waals surface area contributed by atoms with Gasteiger partial charge in [0.25, 0.3) is 10.0 Å². The fourth-order valence-electron chi connectivity index (χ4n) is 4.21. The van der Waals surface area contributed by atoms with Crippen molar-refractivity contribution in [2.75, 3.05) is 18.0 Å². The van der Waals surface area contributed by atoms with Gasteiger partial charge in [-0.05, 0) is 83.0 Å². The molecule has 8 nitrogen and oxygen atoms in total. The molecule has 0 saturated heterocycles. The second-order valence-corrected chi connectivity index (χ2v) is 13.3. The van der Waals surface area contributed by atoms with Crippen LogP contribution in [0.2, 0.25) is 5.02 Å². The fraction of sp³-hybridized carbons (Fsp3) is 0.355. The van der Waals surface area contributed by atoms with E-state index in [0.29, 0.717) is 10.6 Å². The standard InChI is InChI=1S/C31H38ClN3O5S/c1-21-12-15-25(16-13-21)41(38,39)35(27-18-22(2)14-17-28(27)40-7)20-29(36)34(19-24-10-8-9-11-26(24)32)23(3)30(37)33-31(4,5)6/h8-18,23H,19-20H2,1-7H3,(H,33,37). The van der Waals surface area contributed by atoms with Crippen LogP contribution in [0.5, 0.6) is 5.75 Å². The molecule has 0 heterocycles. The van der Waals surface area contributed by atoms with Crippen LogP contribution >= 0.6 is 11.6 Å². The van der Waals surface area contributed by atoms with Crippen LogP contribution in [-0.4, -0.2) is 50.4 Å². The van der Waals surface area contributed by atoms with Gasteiger partial charge in [-0.15, -0.1) is 0 Å². The monoisotopic (exact) mass is 599 g/mol. The Morgan fingerprint density at radius 2 is 1.59 bits per heavy atom. The summed E-state index contributed by atoms with van der Waals surface area (Å²) < 4.78 is 34.7. The number of anilines is 1. The number of nitrogens with one attached hydrogen (secondary N) is 1. The molecule has 0 aliphatic carbocycles. The van der Waals surface area contributed by atoms with E-state index in [9.17, 15) is 18.0 Å². The molecule has 0 spiro atoms. The van der Waals surface area contributed by atoms with Gasteiger partial charge >= 0.3 is 0 Å². The largest absolute Gasteiger partial charge is 0.495 e. The number of hydrogen-bond donors (Lipinski definition) is 1. The zero-order valence-corrected chi connectivity index (χ0v) is 26.1. The SMILES string of the molecule is COc1ccc(C)cc1N(CC(=O)N(Cc1ccccc1Cl)C(C)C(=O)NC(C)(C)C)S(=O)(=O)c1ccc(C)cc1. The number of ether oxygens (including phenoxy) is 1. The van der Waals surface area contributed by atoms with Crippen LogP contribution in [0.25, 0.3) is 0 Å². The molecule has 3 aromatic carbocycles. The summed E-state index contributed by atoms with van der Waals surface area (Å²) in [6, 6.07) is 17.6. The van der Waals surface area contributed by atoms with E-state index < -0.39 is 34.1 Å². The number of carbonyl (C=O) groups excluding carboxylic acids is 2. The molecule has 3 rings (SSSR count). The van der Waals surface area contributed by atoms with E-state index in [4.69, 9.17) is 16.3 Å². The van der Waals surface area contributed by atoms with Crippen molar-refractivity contribution in [2.24, 2.45) is 0 Å². The van der Waals surface area contributed by atoms with Crippen LogP contribution in [-0.2, 0) is 26.2 Å². The Bertz CT molecular complexity index is 1500. The lowest BCUT2D eigenvalue weighted by Gasteiger charge is -2.34. The third-order valence-electron chi connectivity index (χ3n) is 6.45. The van der Waals surface area contributed by atoms with Crippen LogP contribution in [0, 0.1) is 13.8 Å². The van der Waals surface area contributed by atoms with Gasteiger partial charge in [-0.2, -0.15) is 0 Å². The summed E-state index contributed by atoms with van der Waals surface area (Å²) in [6.07, 6.45) is 0. The van der Waals surface area contributed by atoms with E-state index in [1.807, 2.05) is 34.6 Å². The number of sulfonamides is 1. The number of benzene rings is 3.